The van der Waals surface area contributed by atoms with E-state index in [1.165, 1.54) is 37.0 Å². The highest BCUT2D eigenvalue weighted by molar-refractivity contribution is 7.13. The Labute approximate surface area is 106 Å². The monoisotopic (exact) mass is 253 g/mol. The van der Waals surface area contributed by atoms with Crippen LogP contribution in [-0.4, -0.2) is 17.9 Å². The van der Waals surface area contributed by atoms with Gasteiger partial charge < -0.3 is 4.74 Å². The standard InChI is InChI=1S/C13H19NO2S/c1-2-16-13(7-5-3-4-6-8-13)12-14-9-11(10-15)17-12/h9-10H,2-8H2,1H3. The fourth-order valence-corrected chi connectivity index (χ4v) is 3.48. The van der Waals surface area contributed by atoms with Gasteiger partial charge in [0.15, 0.2) is 6.29 Å². The Morgan fingerprint density at radius 1 is 1.41 bits per heavy atom. The van der Waals surface area contributed by atoms with Gasteiger partial charge in [0.1, 0.15) is 10.6 Å². The molecule has 0 N–H and O–H groups in total. The number of aldehydes is 1. The van der Waals surface area contributed by atoms with Crippen molar-refractivity contribution in [1.29, 1.82) is 0 Å². The number of carbonyl (C=O) groups excluding carboxylic acids is 1. The van der Waals surface area contributed by atoms with Crippen molar-refractivity contribution in [1.82, 2.24) is 4.98 Å². The first-order valence-corrected chi connectivity index (χ1v) is 7.18. The van der Waals surface area contributed by atoms with Crippen molar-refractivity contribution in [2.45, 2.75) is 51.0 Å². The third-order valence-corrected chi connectivity index (χ3v) is 4.47. The summed E-state index contributed by atoms with van der Waals surface area (Å²) in [6.07, 6.45) is 9.54. The molecule has 94 valence electrons. The van der Waals surface area contributed by atoms with Crippen molar-refractivity contribution in [2.75, 3.05) is 6.61 Å². The van der Waals surface area contributed by atoms with Gasteiger partial charge in [-0.05, 0) is 19.8 Å². The highest BCUT2D eigenvalue weighted by atomic mass is 32.1. The van der Waals surface area contributed by atoms with Crippen LogP contribution >= 0.6 is 11.3 Å². The molecule has 3 nitrogen and oxygen atoms in total. The summed E-state index contributed by atoms with van der Waals surface area (Å²) in [7, 11) is 0. The fraction of sp³-hybridized carbons (Fsp3) is 0.692. The van der Waals surface area contributed by atoms with Crippen LogP contribution in [0.2, 0.25) is 0 Å². The largest absolute Gasteiger partial charge is 0.368 e. The molecule has 1 fully saturated rings. The first-order valence-electron chi connectivity index (χ1n) is 6.36. The zero-order valence-corrected chi connectivity index (χ0v) is 11.1. The van der Waals surface area contributed by atoms with Crippen molar-refractivity contribution in [3.63, 3.8) is 0 Å². The molecule has 1 aromatic heterocycles. The topological polar surface area (TPSA) is 39.2 Å². The zero-order chi connectivity index (χ0) is 12.1. The van der Waals surface area contributed by atoms with Gasteiger partial charge in [0.25, 0.3) is 0 Å². The van der Waals surface area contributed by atoms with E-state index in [4.69, 9.17) is 4.74 Å². The maximum Gasteiger partial charge on any atom is 0.161 e. The molecule has 0 aliphatic heterocycles. The summed E-state index contributed by atoms with van der Waals surface area (Å²) in [4.78, 5) is 15.9. The summed E-state index contributed by atoms with van der Waals surface area (Å²) in [5.41, 5.74) is -0.225. The van der Waals surface area contributed by atoms with Crippen LogP contribution in [0.15, 0.2) is 6.20 Å². The molecule has 0 spiro atoms. The van der Waals surface area contributed by atoms with E-state index in [0.29, 0.717) is 11.5 Å². The van der Waals surface area contributed by atoms with Gasteiger partial charge in [-0.2, -0.15) is 0 Å². The molecule has 0 atom stereocenters. The van der Waals surface area contributed by atoms with E-state index >= 15 is 0 Å². The first kappa shape index (κ1) is 12.7. The average Bonchev–Trinajstić information content (AvgIpc) is 2.71. The minimum atomic E-state index is -0.225. The highest BCUT2D eigenvalue weighted by Gasteiger charge is 2.36. The lowest BCUT2D eigenvalue weighted by Crippen LogP contribution is -2.29. The lowest BCUT2D eigenvalue weighted by Gasteiger charge is -2.30. The van der Waals surface area contributed by atoms with E-state index in [0.717, 1.165) is 24.1 Å². The molecule has 0 amide bonds. The lowest BCUT2D eigenvalue weighted by atomic mass is 9.95. The van der Waals surface area contributed by atoms with Crippen LogP contribution in [-0.2, 0) is 10.3 Å². The quantitative estimate of drug-likeness (QED) is 0.608. The average molecular weight is 253 g/mol. The predicted octanol–water partition coefficient (Wildman–Crippen LogP) is 3.54. The van der Waals surface area contributed by atoms with Gasteiger partial charge in [-0.25, -0.2) is 4.98 Å². The molecule has 1 heterocycles. The van der Waals surface area contributed by atoms with Gasteiger partial charge in [0, 0.05) is 12.8 Å². The third kappa shape index (κ3) is 2.75. The van der Waals surface area contributed by atoms with E-state index in [-0.39, 0.29) is 5.60 Å². The van der Waals surface area contributed by atoms with Gasteiger partial charge in [-0.3, -0.25) is 4.79 Å². The molecule has 0 aromatic carbocycles. The Balaban J connectivity index is 2.27. The van der Waals surface area contributed by atoms with Gasteiger partial charge in [-0.1, -0.05) is 25.7 Å². The summed E-state index contributed by atoms with van der Waals surface area (Å²) in [5.74, 6) is 0. The minimum Gasteiger partial charge on any atom is -0.368 e. The Morgan fingerprint density at radius 2 is 2.12 bits per heavy atom. The number of nitrogens with zero attached hydrogens (tertiary/aromatic N) is 1. The maximum absolute atomic E-state index is 10.8. The third-order valence-electron chi connectivity index (χ3n) is 3.36. The van der Waals surface area contributed by atoms with E-state index in [1.54, 1.807) is 6.20 Å². The van der Waals surface area contributed by atoms with Crippen LogP contribution < -0.4 is 0 Å². The number of aromatic nitrogens is 1. The number of hydrogen-bond acceptors (Lipinski definition) is 4. The highest BCUT2D eigenvalue weighted by Crippen LogP contribution is 2.40. The summed E-state index contributed by atoms with van der Waals surface area (Å²) in [6, 6.07) is 0. The van der Waals surface area contributed by atoms with Gasteiger partial charge in [-0.15, -0.1) is 11.3 Å². The smallest absolute Gasteiger partial charge is 0.161 e. The summed E-state index contributed by atoms with van der Waals surface area (Å²) in [5, 5.41) is 0.989. The zero-order valence-electron chi connectivity index (χ0n) is 10.3. The molecule has 0 saturated heterocycles. The van der Waals surface area contributed by atoms with Crippen molar-refractivity contribution in [3.8, 4) is 0 Å². The Bertz CT molecular complexity index is 367. The molecule has 2 rings (SSSR count). The van der Waals surface area contributed by atoms with Crippen molar-refractivity contribution < 1.29 is 9.53 Å². The van der Waals surface area contributed by atoms with Crippen LogP contribution in [0.5, 0.6) is 0 Å². The number of rotatable bonds is 4. The molecule has 0 unspecified atom stereocenters. The van der Waals surface area contributed by atoms with E-state index < -0.39 is 0 Å². The number of ether oxygens (including phenoxy) is 1. The second-order valence-electron chi connectivity index (χ2n) is 4.53. The molecule has 0 bridgehead atoms. The Morgan fingerprint density at radius 3 is 2.65 bits per heavy atom. The molecular weight excluding hydrogens is 234 g/mol. The molecule has 0 radical (unpaired) electrons. The molecule has 1 aliphatic rings. The Kier molecular flexibility index (Phi) is 4.29. The molecule has 1 aromatic rings. The molecule has 17 heavy (non-hydrogen) atoms. The predicted molar refractivity (Wildman–Crippen MR) is 68.5 cm³/mol. The van der Waals surface area contributed by atoms with Gasteiger partial charge in [0.2, 0.25) is 0 Å². The van der Waals surface area contributed by atoms with Crippen LogP contribution in [0.3, 0.4) is 0 Å². The van der Waals surface area contributed by atoms with E-state index in [9.17, 15) is 4.79 Å². The van der Waals surface area contributed by atoms with E-state index in [1.807, 2.05) is 6.92 Å². The van der Waals surface area contributed by atoms with Crippen molar-refractivity contribution >= 4 is 17.6 Å². The van der Waals surface area contributed by atoms with Crippen molar-refractivity contribution in [3.05, 3.63) is 16.1 Å². The fourth-order valence-electron chi connectivity index (χ4n) is 2.55. The summed E-state index contributed by atoms with van der Waals surface area (Å²) >= 11 is 1.48. The van der Waals surface area contributed by atoms with Gasteiger partial charge in [0.05, 0.1) is 4.88 Å². The van der Waals surface area contributed by atoms with Crippen LogP contribution in [0.4, 0.5) is 0 Å². The molecule has 4 heteroatoms. The summed E-state index contributed by atoms with van der Waals surface area (Å²) < 4.78 is 6.03. The SMILES string of the molecule is CCOC1(c2ncc(C=O)s2)CCCCCC1. The van der Waals surface area contributed by atoms with Crippen LogP contribution in [0.25, 0.3) is 0 Å². The van der Waals surface area contributed by atoms with Crippen LogP contribution in [0, 0.1) is 0 Å². The minimum absolute atomic E-state index is 0.225. The molecule has 1 saturated carbocycles. The number of carbonyl (C=O) groups is 1. The maximum atomic E-state index is 10.8. The normalized spacial score (nSPS) is 19.8. The first-order chi connectivity index (χ1) is 8.30. The second-order valence-corrected chi connectivity index (χ2v) is 5.59. The van der Waals surface area contributed by atoms with Crippen molar-refractivity contribution in [2.24, 2.45) is 0 Å². The number of hydrogen-bond donors (Lipinski definition) is 0. The summed E-state index contributed by atoms with van der Waals surface area (Å²) in [6.45, 7) is 2.73. The van der Waals surface area contributed by atoms with Crippen LogP contribution in [0.1, 0.15) is 60.1 Å². The lowest BCUT2D eigenvalue weighted by molar-refractivity contribution is -0.0559. The Hall–Kier alpha value is -0.740. The number of thiazole rings is 1. The van der Waals surface area contributed by atoms with E-state index in [2.05, 4.69) is 4.98 Å². The second kappa shape index (κ2) is 5.74. The van der Waals surface area contributed by atoms with Gasteiger partial charge >= 0.3 is 0 Å². The molecule has 1 aliphatic carbocycles. The molecular formula is C13H19NO2S.